The second-order valence-corrected chi connectivity index (χ2v) is 7.25. The Balaban J connectivity index is 1.55. The van der Waals surface area contributed by atoms with Gasteiger partial charge in [-0.15, -0.1) is 0 Å². The molecule has 5 nitrogen and oxygen atoms in total. The Morgan fingerprint density at radius 1 is 1.07 bits per heavy atom. The molecule has 3 aromatic rings. The summed E-state index contributed by atoms with van der Waals surface area (Å²) < 4.78 is 5.20. The van der Waals surface area contributed by atoms with E-state index in [1.165, 1.54) is 0 Å². The van der Waals surface area contributed by atoms with Crippen LogP contribution in [0.25, 0.3) is 11.4 Å². The monoisotopic (exact) mass is 373 g/mol. The lowest BCUT2D eigenvalue weighted by atomic mass is 10.0. The number of ether oxygens (including phenoxy) is 1. The Morgan fingerprint density at radius 3 is 2.46 bits per heavy atom. The zero-order chi connectivity index (χ0) is 19.7. The fourth-order valence-corrected chi connectivity index (χ4v) is 3.65. The van der Waals surface area contributed by atoms with Crippen LogP contribution >= 0.6 is 0 Å². The van der Waals surface area contributed by atoms with Crippen molar-refractivity contribution >= 4 is 5.91 Å². The molecule has 1 aromatic heterocycles. The maximum Gasteiger partial charge on any atom is 0.254 e. The number of fused-ring (bicyclic) bond motifs is 1. The molecule has 1 aliphatic rings. The summed E-state index contributed by atoms with van der Waals surface area (Å²) in [6, 6.07) is 13.7. The van der Waals surface area contributed by atoms with Gasteiger partial charge < -0.3 is 9.64 Å². The Kier molecular flexibility index (Phi) is 4.82. The average Bonchev–Trinajstić information content (AvgIpc) is 2.72. The highest BCUT2D eigenvalue weighted by molar-refractivity contribution is 5.94. The molecule has 2 aromatic carbocycles. The first kappa shape index (κ1) is 18.2. The second kappa shape index (κ2) is 7.43. The summed E-state index contributed by atoms with van der Waals surface area (Å²) in [7, 11) is 1.65. The van der Waals surface area contributed by atoms with Crippen molar-refractivity contribution in [1.82, 2.24) is 14.9 Å². The molecule has 1 aliphatic heterocycles. The van der Waals surface area contributed by atoms with Crippen LogP contribution in [0.2, 0.25) is 0 Å². The summed E-state index contributed by atoms with van der Waals surface area (Å²) in [6.07, 6.45) is 2.58. The molecule has 0 atom stereocenters. The maximum absolute atomic E-state index is 12.9. The van der Waals surface area contributed by atoms with E-state index in [-0.39, 0.29) is 5.91 Å². The Labute approximate surface area is 165 Å². The molecule has 0 radical (unpaired) electrons. The van der Waals surface area contributed by atoms with Gasteiger partial charge in [-0.25, -0.2) is 9.97 Å². The van der Waals surface area contributed by atoms with Crippen LogP contribution in [0, 0.1) is 13.8 Å². The molecule has 0 spiro atoms. The number of nitrogens with zero attached hydrogens (tertiary/aromatic N) is 3. The van der Waals surface area contributed by atoms with Gasteiger partial charge in [0.1, 0.15) is 5.75 Å². The third-order valence-corrected chi connectivity index (χ3v) is 5.04. The van der Waals surface area contributed by atoms with Crippen LogP contribution in [0.5, 0.6) is 5.75 Å². The van der Waals surface area contributed by atoms with Crippen LogP contribution in [0.3, 0.4) is 0 Å². The maximum atomic E-state index is 12.9. The molecule has 0 N–H and O–H groups in total. The van der Waals surface area contributed by atoms with Crippen molar-refractivity contribution in [2.24, 2.45) is 0 Å². The molecule has 4 rings (SSSR count). The largest absolute Gasteiger partial charge is 0.497 e. The van der Waals surface area contributed by atoms with Crippen molar-refractivity contribution in [2.45, 2.75) is 26.8 Å². The zero-order valence-electron chi connectivity index (χ0n) is 16.4. The SMILES string of the molecule is COc1ccc(-c2ncc3c(n2)CCN(C(=O)c2cc(C)cc(C)c2)C3)cc1. The highest BCUT2D eigenvalue weighted by Crippen LogP contribution is 2.24. The van der Waals surface area contributed by atoms with E-state index in [4.69, 9.17) is 9.72 Å². The van der Waals surface area contributed by atoms with Crippen molar-refractivity contribution in [2.75, 3.05) is 13.7 Å². The molecular formula is C23H23N3O2. The molecule has 0 unspecified atom stereocenters. The lowest BCUT2D eigenvalue weighted by Crippen LogP contribution is -2.36. The minimum atomic E-state index is 0.0664. The third kappa shape index (κ3) is 3.60. The summed E-state index contributed by atoms with van der Waals surface area (Å²) >= 11 is 0. The first-order valence-corrected chi connectivity index (χ1v) is 9.40. The Morgan fingerprint density at radius 2 is 1.79 bits per heavy atom. The minimum absolute atomic E-state index is 0.0664. The van der Waals surface area contributed by atoms with Gasteiger partial charge in [0.25, 0.3) is 5.91 Å². The number of rotatable bonds is 3. The number of benzene rings is 2. The summed E-state index contributed by atoms with van der Waals surface area (Å²) in [5, 5.41) is 0. The topological polar surface area (TPSA) is 55.3 Å². The van der Waals surface area contributed by atoms with Crippen LogP contribution in [0.4, 0.5) is 0 Å². The fourth-order valence-electron chi connectivity index (χ4n) is 3.65. The average molecular weight is 373 g/mol. The van der Waals surface area contributed by atoms with Crippen molar-refractivity contribution < 1.29 is 9.53 Å². The molecule has 1 amide bonds. The number of aromatic nitrogens is 2. The minimum Gasteiger partial charge on any atom is -0.497 e. The first-order chi connectivity index (χ1) is 13.5. The molecule has 0 saturated carbocycles. The van der Waals surface area contributed by atoms with Gasteiger partial charge in [0.05, 0.1) is 12.8 Å². The van der Waals surface area contributed by atoms with Crippen molar-refractivity contribution in [3.05, 3.63) is 76.6 Å². The van der Waals surface area contributed by atoms with Gasteiger partial charge in [0.15, 0.2) is 5.82 Å². The Hall–Kier alpha value is -3.21. The lowest BCUT2D eigenvalue weighted by molar-refractivity contribution is 0.0733. The normalized spacial score (nSPS) is 13.2. The number of hydrogen-bond acceptors (Lipinski definition) is 4. The van der Waals surface area contributed by atoms with E-state index >= 15 is 0 Å². The number of aryl methyl sites for hydroxylation is 2. The van der Waals surface area contributed by atoms with E-state index in [1.807, 2.05) is 61.3 Å². The van der Waals surface area contributed by atoms with Gasteiger partial charge in [-0.3, -0.25) is 4.79 Å². The summed E-state index contributed by atoms with van der Waals surface area (Å²) in [5.74, 6) is 1.58. The highest BCUT2D eigenvalue weighted by atomic mass is 16.5. The summed E-state index contributed by atoms with van der Waals surface area (Å²) in [6.45, 7) is 5.25. The van der Waals surface area contributed by atoms with Crippen molar-refractivity contribution in [1.29, 1.82) is 0 Å². The Bertz CT molecular complexity index is 1010. The van der Waals surface area contributed by atoms with E-state index in [0.717, 1.165) is 45.7 Å². The van der Waals surface area contributed by atoms with Gasteiger partial charge in [0.2, 0.25) is 0 Å². The van der Waals surface area contributed by atoms with Gasteiger partial charge in [-0.2, -0.15) is 0 Å². The molecule has 2 heterocycles. The third-order valence-electron chi connectivity index (χ3n) is 5.04. The molecule has 28 heavy (non-hydrogen) atoms. The van der Waals surface area contributed by atoms with E-state index in [1.54, 1.807) is 7.11 Å². The van der Waals surface area contributed by atoms with Crippen LogP contribution < -0.4 is 4.74 Å². The van der Waals surface area contributed by atoms with Crippen LogP contribution in [-0.4, -0.2) is 34.4 Å². The molecule has 0 aliphatic carbocycles. The predicted molar refractivity (Wildman–Crippen MR) is 108 cm³/mol. The van der Waals surface area contributed by atoms with Crippen LogP contribution in [0.1, 0.15) is 32.7 Å². The molecule has 5 heteroatoms. The number of carbonyl (C=O) groups excluding carboxylic acids is 1. The van der Waals surface area contributed by atoms with Gasteiger partial charge in [-0.1, -0.05) is 17.2 Å². The summed E-state index contributed by atoms with van der Waals surface area (Å²) in [5.41, 5.74) is 5.95. The van der Waals surface area contributed by atoms with Gasteiger partial charge in [0, 0.05) is 42.4 Å². The van der Waals surface area contributed by atoms with Crippen LogP contribution in [-0.2, 0) is 13.0 Å². The van der Waals surface area contributed by atoms with E-state index in [9.17, 15) is 4.79 Å². The number of methoxy groups -OCH3 is 1. The number of hydrogen-bond donors (Lipinski definition) is 0. The quantitative estimate of drug-likeness (QED) is 0.697. The zero-order valence-corrected chi connectivity index (χ0v) is 16.4. The molecule has 0 bridgehead atoms. The van der Waals surface area contributed by atoms with Crippen LogP contribution in [0.15, 0.2) is 48.7 Å². The smallest absolute Gasteiger partial charge is 0.254 e. The van der Waals surface area contributed by atoms with Crippen molar-refractivity contribution in [3.63, 3.8) is 0 Å². The van der Waals surface area contributed by atoms with E-state index in [2.05, 4.69) is 11.1 Å². The highest BCUT2D eigenvalue weighted by Gasteiger charge is 2.23. The van der Waals surface area contributed by atoms with Crippen molar-refractivity contribution in [3.8, 4) is 17.1 Å². The van der Waals surface area contributed by atoms with E-state index < -0.39 is 0 Å². The molecular weight excluding hydrogens is 350 g/mol. The van der Waals surface area contributed by atoms with Gasteiger partial charge >= 0.3 is 0 Å². The number of carbonyl (C=O) groups is 1. The molecule has 0 fully saturated rings. The fraction of sp³-hybridized carbons (Fsp3) is 0.261. The molecule has 0 saturated heterocycles. The standard InChI is InChI=1S/C23H23N3O2/c1-15-10-16(2)12-18(11-15)23(27)26-9-8-21-19(14-26)13-24-22(25-21)17-4-6-20(28-3)7-5-17/h4-7,10-13H,8-9,14H2,1-3H3. The first-order valence-electron chi connectivity index (χ1n) is 9.40. The summed E-state index contributed by atoms with van der Waals surface area (Å²) in [4.78, 5) is 24.1. The second-order valence-electron chi connectivity index (χ2n) is 7.25. The predicted octanol–water partition coefficient (Wildman–Crippen LogP) is 3.97. The lowest BCUT2D eigenvalue weighted by Gasteiger charge is -2.28. The molecule has 142 valence electrons. The number of amides is 1. The van der Waals surface area contributed by atoms with Gasteiger partial charge in [-0.05, 0) is 50.2 Å². The van der Waals surface area contributed by atoms with E-state index in [0.29, 0.717) is 18.9 Å².